The minimum atomic E-state index is -0.293. The van der Waals surface area contributed by atoms with Gasteiger partial charge in [0.15, 0.2) is 5.82 Å². The molecule has 25 heavy (non-hydrogen) atoms. The maximum atomic E-state index is 13.0. The summed E-state index contributed by atoms with van der Waals surface area (Å²) in [7, 11) is 0. The van der Waals surface area contributed by atoms with Crippen molar-refractivity contribution >= 4 is 17.6 Å². The second-order valence-electron chi connectivity index (χ2n) is 6.30. The molecule has 1 aromatic carbocycles. The Bertz CT molecular complexity index is 710. The third-order valence-electron chi connectivity index (χ3n) is 4.02. The Balaban J connectivity index is 2.10. The summed E-state index contributed by atoms with van der Waals surface area (Å²) < 4.78 is 4.93. The van der Waals surface area contributed by atoms with E-state index in [1.54, 1.807) is 17.9 Å². The molecule has 0 fully saturated rings. The van der Waals surface area contributed by atoms with Crippen LogP contribution in [0.25, 0.3) is 0 Å². The minimum Gasteiger partial charge on any atom is -0.360 e. The average Bonchev–Trinajstić information content (AvgIpc) is 2.98. The van der Waals surface area contributed by atoms with Gasteiger partial charge in [-0.3, -0.25) is 9.59 Å². The molecule has 0 unspecified atom stereocenters. The molecule has 1 N–H and O–H groups in total. The van der Waals surface area contributed by atoms with E-state index in [4.69, 9.17) is 4.52 Å². The molecule has 2 aromatic rings. The molecule has 0 aliphatic carbocycles. The second-order valence-corrected chi connectivity index (χ2v) is 6.30. The highest BCUT2D eigenvalue weighted by Crippen LogP contribution is 2.23. The number of hydrogen-bond acceptors (Lipinski definition) is 4. The number of nitrogens with zero attached hydrogens (tertiary/aromatic N) is 2. The number of anilines is 1. The zero-order chi connectivity index (χ0) is 18.4. The summed E-state index contributed by atoms with van der Waals surface area (Å²) in [6.45, 7) is 7.52. The lowest BCUT2D eigenvalue weighted by Crippen LogP contribution is -2.44. The molecule has 0 radical (unpaired) electrons. The molecule has 0 spiro atoms. The van der Waals surface area contributed by atoms with Crippen LogP contribution in [0, 0.1) is 6.92 Å². The van der Waals surface area contributed by atoms with Gasteiger partial charge in [-0.15, -0.1) is 0 Å². The van der Waals surface area contributed by atoms with Gasteiger partial charge < -0.3 is 14.7 Å². The Labute approximate surface area is 148 Å². The smallest absolute Gasteiger partial charge is 0.245 e. The van der Waals surface area contributed by atoms with E-state index in [-0.39, 0.29) is 30.3 Å². The van der Waals surface area contributed by atoms with Crippen LogP contribution < -0.4 is 5.32 Å². The molecular formula is C19H25N3O3. The first-order valence-electron chi connectivity index (χ1n) is 8.51. The van der Waals surface area contributed by atoms with Crippen LogP contribution >= 0.6 is 0 Å². The van der Waals surface area contributed by atoms with Gasteiger partial charge in [0, 0.05) is 12.1 Å². The first-order valence-corrected chi connectivity index (χ1v) is 8.51. The minimum absolute atomic E-state index is 0.0221. The summed E-state index contributed by atoms with van der Waals surface area (Å²) in [6.07, 6.45) is 0.677. The van der Waals surface area contributed by atoms with Crippen molar-refractivity contribution in [2.45, 2.75) is 46.1 Å². The lowest BCUT2D eigenvalue weighted by Gasteiger charge is -2.30. The maximum Gasteiger partial charge on any atom is 0.245 e. The molecule has 2 rings (SSSR count). The molecule has 134 valence electrons. The Kier molecular flexibility index (Phi) is 6.33. The third kappa shape index (κ3) is 4.92. The van der Waals surface area contributed by atoms with Crippen molar-refractivity contribution in [1.82, 2.24) is 10.1 Å². The van der Waals surface area contributed by atoms with Crippen LogP contribution in [-0.2, 0) is 9.59 Å². The van der Waals surface area contributed by atoms with E-state index in [1.165, 1.54) is 0 Å². The van der Waals surface area contributed by atoms with Crippen LogP contribution in [0.5, 0.6) is 0 Å². The van der Waals surface area contributed by atoms with Crippen molar-refractivity contribution in [3.63, 3.8) is 0 Å². The van der Waals surface area contributed by atoms with Crippen molar-refractivity contribution in [2.75, 3.05) is 11.9 Å². The Morgan fingerprint density at radius 2 is 1.92 bits per heavy atom. The molecule has 0 aliphatic heterocycles. The van der Waals surface area contributed by atoms with Crippen LogP contribution in [0.2, 0.25) is 0 Å². The molecule has 0 bridgehead atoms. The summed E-state index contributed by atoms with van der Waals surface area (Å²) in [5, 5.41) is 6.40. The number of rotatable bonds is 7. The van der Waals surface area contributed by atoms with Gasteiger partial charge in [-0.2, -0.15) is 0 Å². The van der Waals surface area contributed by atoms with E-state index >= 15 is 0 Å². The van der Waals surface area contributed by atoms with Gasteiger partial charge in [0.2, 0.25) is 11.8 Å². The van der Waals surface area contributed by atoms with Crippen molar-refractivity contribution < 1.29 is 14.1 Å². The van der Waals surface area contributed by atoms with Crippen LogP contribution in [-0.4, -0.2) is 34.5 Å². The Morgan fingerprint density at radius 1 is 1.24 bits per heavy atom. The van der Waals surface area contributed by atoms with Crippen molar-refractivity contribution in [2.24, 2.45) is 0 Å². The highest BCUT2D eigenvalue weighted by molar-refractivity contribution is 5.95. The average molecular weight is 343 g/mol. The number of carbonyl (C=O) groups excluding carboxylic acids is 2. The van der Waals surface area contributed by atoms with E-state index in [9.17, 15) is 9.59 Å². The number of hydrogen-bond donors (Lipinski definition) is 1. The molecule has 1 heterocycles. The van der Waals surface area contributed by atoms with Gasteiger partial charge in [-0.1, -0.05) is 42.4 Å². The van der Waals surface area contributed by atoms with Gasteiger partial charge in [-0.25, -0.2) is 0 Å². The van der Waals surface area contributed by atoms with Crippen LogP contribution in [0.15, 0.2) is 40.9 Å². The highest BCUT2D eigenvalue weighted by Gasteiger charge is 2.27. The summed E-state index contributed by atoms with van der Waals surface area (Å²) >= 11 is 0. The molecule has 2 amide bonds. The third-order valence-corrected chi connectivity index (χ3v) is 4.02. The molecule has 6 nitrogen and oxygen atoms in total. The van der Waals surface area contributed by atoms with E-state index < -0.39 is 0 Å². The normalized spacial score (nSPS) is 12.0. The number of benzene rings is 1. The fraction of sp³-hybridized carbons (Fsp3) is 0.421. The predicted octanol–water partition coefficient (Wildman–Crippen LogP) is 3.35. The van der Waals surface area contributed by atoms with Crippen LogP contribution in [0.1, 0.15) is 44.4 Å². The van der Waals surface area contributed by atoms with Crippen molar-refractivity contribution in [3.05, 3.63) is 47.7 Å². The molecule has 1 atom stereocenters. The Morgan fingerprint density at radius 3 is 2.44 bits per heavy atom. The van der Waals surface area contributed by atoms with E-state index in [0.29, 0.717) is 18.0 Å². The number of amides is 2. The number of aromatic nitrogens is 1. The van der Waals surface area contributed by atoms with E-state index in [2.05, 4.69) is 10.5 Å². The molecular weight excluding hydrogens is 318 g/mol. The number of nitrogens with one attached hydrogen (secondary N) is 1. The van der Waals surface area contributed by atoms with Gasteiger partial charge in [0.05, 0.1) is 5.92 Å². The molecule has 0 aliphatic rings. The number of carbonyl (C=O) groups is 2. The zero-order valence-corrected chi connectivity index (χ0v) is 15.2. The molecule has 6 heteroatoms. The summed E-state index contributed by atoms with van der Waals surface area (Å²) in [5.74, 6) is 0.370. The molecule has 0 saturated heterocycles. The first-order chi connectivity index (χ1) is 11.9. The van der Waals surface area contributed by atoms with Crippen molar-refractivity contribution in [1.29, 1.82) is 0 Å². The summed E-state index contributed by atoms with van der Waals surface area (Å²) in [5.41, 5.74) is 0.966. The van der Waals surface area contributed by atoms with E-state index in [1.807, 2.05) is 51.1 Å². The number of aryl methyl sites for hydroxylation is 1. The largest absolute Gasteiger partial charge is 0.360 e. The quantitative estimate of drug-likeness (QED) is 0.836. The van der Waals surface area contributed by atoms with Crippen LogP contribution in [0.4, 0.5) is 5.82 Å². The van der Waals surface area contributed by atoms with Gasteiger partial charge in [-0.05, 0) is 32.8 Å². The topological polar surface area (TPSA) is 75.4 Å². The zero-order valence-electron chi connectivity index (χ0n) is 15.2. The predicted molar refractivity (Wildman–Crippen MR) is 96.2 cm³/mol. The molecule has 0 saturated carbocycles. The van der Waals surface area contributed by atoms with E-state index in [0.717, 1.165) is 5.56 Å². The fourth-order valence-corrected chi connectivity index (χ4v) is 2.72. The summed E-state index contributed by atoms with van der Waals surface area (Å²) in [6, 6.07) is 11.2. The van der Waals surface area contributed by atoms with Gasteiger partial charge >= 0.3 is 0 Å². The summed E-state index contributed by atoms with van der Waals surface area (Å²) in [4.78, 5) is 26.9. The highest BCUT2D eigenvalue weighted by atomic mass is 16.5. The SMILES string of the molecule is CC[C@@H](C(=O)N(CC(=O)Nc1cc(C)on1)C(C)C)c1ccccc1. The standard InChI is InChI=1S/C19H25N3O3/c1-5-16(15-9-7-6-8-10-15)19(24)22(13(2)3)12-18(23)20-17-11-14(4)25-21-17/h6-11,13,16H,5,12H2,1-4H3,(H,20,21,23)/t16-/m1/s1. The monoisotopic (exact) mass is 343 g/mol. The van der Waals surface area contributed by atoms with Gasteiger partial charge in [0.25, 0.3) is 0 Å². The van der Waals surface area contributed by atoms with Crippen LogP contribution in [0.3, 0.4) is 0 Å². The lowest BCUT2D eigenvalue weighted by atomic mass is 9.94. The second kappa shape index (κ2) is 8.46. The van der Waals surface area contributed by atoms with Crippen molar-refractivity contribution in [3.8, 4) is 0 Å². The van der Waals surface area contributed by atoms with Gasteiger partial charge in [0.1, 0.15) is 12.3 Å². The first kappa shape index (κ1) is 18.7. The molecule has 1 aromatic heterocycles. The Hall–Kier alpha value is -2.63. The maximum absolute atomic E-state index is 13.0. The lowest BCUT2D eigenvalue weighted by molar-refractivity contribution is -0.137. The fourth-order valence-electron chi connectivity index (χ4n) is 2.72.